The molecule has 1 rings (SSSR count). The Balaban J connectivity index is 2.26. The lowest BCUT2D eigenvalue weighted by molar-refractivity contribution is -0.126. The van der Waals surface area contributed by atoms with Gasteiger partial charge >= 0.3 is 0 Å². The largest absolute Gasteiger partial charge is 0.356 e. The predicted molar refractivity (Wildman–Crippen MR) is 62.7 cm³/mol. The molecule has 1 heterocycles. The van der Waals surface area contributed by atoms with E-state index in [-0.39, 0.29) is 11.8 Å². The molecule has 1 saturated heterocycles. The Morgan fingerprint density at radius 3 is 2.93 bits per heavy atom. The smallest absolute Gasteiger partial charge is 0.223 e. The molecule has 88 valence electrons. The summed E-state index contributed by atoms with van der Waals surface area (Å²) in [5, 5.41) is 6.42. The van der Waals surface area contributed by atoms with Gasteiger partial charge in [-0.25, -0.2) is 0 Å². The minimum absolute atomic E-state index is 0.227. The van der Waals surface area contributed by atoms with Gasteiger partial charge in [0.15, 0.2) is 0 Å². The first-order valence-electron chi connectivity index (χ1n) is 6.14. The maximum Gasteiger partial charge on any atom is 0.223 e. The topological polar surface area (TPSA) is 41.1 Å². The quantitative estimate of drug-likeness (QED) is 0.742. The van der Waals surface area contributed by atoms with E-state index < -0.39 is 0 Å². The molecule has 1 aliphatic rings. The maximum absolute atomic E-state index is 11.8. The highest BCUT2D eigenvalue weighted by atomic mass is 16.1. The molecule has 0 bridgehead atoms. The molecule has 0 aromatic carbocycles. The first kappa shape index (κ1) is 12.5. The van der Waals surface area contributed by atoms with Crippen LogP contribution in [0.3, 0.4) is 0 Å². The van der Waals surface area contributed by atoms with Gasteiger partial charge < -0.3 is 10.6 Å². The number of piperidine rings is 1. The number of rotatable bonds is 4. The number of amides is 1. The van der Waals surface area contributed by atoms with Crippen molar-refractivity contribution in [2.75, 3.05) is 13.1 Å². The molecule has 3 unspecified atom stereocenters. The van der Waals surface area contributed by atoms with Gasteiger partial charge in [0, 0.05) is 18.5 Å². The van der Waals surface area contributed by atoms with Crippen LogP contribution in [0.25, 0.3) is 0 Å². The maximum atomic E-state index is 11.8. The first-order valence-corrected chi connectivity index (χ1v) is 6.14. The number of nitrogens with one attached hydrogen (secondary N) is 2. The summed E-state index contributed by atoms with van der Waals surface area (Å²) in [6.07, 6.45) is 3.09. The lowest BCUT2D eigenvalue weighted by atomic mass is 9.92. The van der Waals surface area contributed by atoms with Gasteiger partial charge in [0.25, 0.3) is 0 Å². The Hall–Kier alpha value is -0.570. The van der Waals surface area contributed by atoms with Crippen LogP contribution in [-0.4, -0.2) is 25.0 Å². The second kappa shape index (κ2) is 6.11. The molecule has 0 saturated carbocycles. The molecule has 0 aliphatic carbocycles. The lowest BCUT2D eigenvalue weighted by Crippen LogP contribution is -2.43. The molecule has 3 atom stereocenters. The molecule has 0 aromatic heterocycles. The minimum Gasteiger partial charge on any atom is -0.356 e. The monoisotopic (exact) mass is 212 g/mol. The van der Waals surface area contributed by atoms with Crippen LogP contribution in [0.4, 0.5) is 0 Å². The van der Waals surface area contributed by atoms with Crippen LogP contribution < -0.4 is 10.6 Å². The van der Waals surface area contributed by atoms with Gasteiger partial charge in [0.2, 0.25) is 5.91 Å². The van der Waals surface area contributed by atoms with Gasteiger partial charge in [-0.2, -0.15) is 0 Å². The fourth-order valence-corrected chi connectivity index (χ4v) is 1.93. The fourth-order valence-electron chi connectivity index (χ4n) is 1.93. The molecule has 0 aromatic rings. The number of carbonyl (C=O) groups excluding carboxylic acids is 1. The van der Waals surface area contributed by atoms with Gasteiger partial charge in [0.1, 0.15) is 0 Å². The summed E-state index contributed by atoms with van der Waals surface area (Å²) in [6.45, 7) is 8.28. The second-order valence-electron chi connectivity index (χ2n) is 4.84. The fraction of sp³-hybridized carbons (Fsp3) is 0.917. The van der Waals surface area contributed by atoms with Crippen molar-refractivity contribution in [1.29, 1.82) is 0 Å². The zero-order valence-corrected chi connectivity index (χ0v) is 10.2. The van der Waals surface area contributed by atoms with E-state index in [0.717, 1.165) is 32.4 Å². The molecule has 0 radical (unpaired) electrons. The van der Waals surface area contributed by atoms with Gasteiger partial charge in [-0.1, -0.05) is 20.3 Å². The van der Waals surface area contributed by atoms with Crippen molar-refractivity contribution < 1.29 is 4.79 Å². The van der Waals surface area contributed by atoms with Gasteiger partial charge in [-0.3, -0.25) is 4.79 Å². The molecule has 3 heteroatoms. The van der Waals surface area contributed by atoms with Crippen molar-refractivity contribution in [1.82, 2.24) is 10.6 Å². The SMILES string of the molecule is CCC(C)CNC(=O)C1CCNC(C)C1. The van der Waals surface area contributed by atoms with E-state index >= 15 is 0 Å². The Morgan fingerprint density at radius 2 is 2.33 bits per heavy atom. The summed E-state index contributed by atoms with van der Waals surface area (Å²) in [7, 11) is 0. The third-order valence-electron chi connectivity index (χ3n) is 3.32. The predicted octanol–water partition coefficient (Wildman–Crippen LogP) is 1.54. The van der Waals surface area contributed by atoms with Gasteiger partial charge in [-0.05, 0) is 32.2 Å². The Bertz CT molecular complexity index is 206. The third-order valence-corrected chi connectivity index (χ3v) is 3.32. The van der Waals surface area contributed by atoms with Crippen molar-refractivity contribution in [3.8, 4) is 0 Å². The van der Waals surface area contributed by atoms with Crippen molar-refractivity contribution >= 4 is 5.91 Å². The molecule has 1 amide bonds. The van der Waals surface area contributed by atoms with Crippen LogP contribution in [0, 0.1) is 11.8 Å². The highest BCUT2D eigenvalue weighted by Crippen LogP contribution is 2.16. The summed E-state index contributed by atoms with van der Waals surface area (Å²) in [5.41, 5.74) is 0. The average Bonchev–Trinajstić information content (AvgIpc) is 2.25. The summed E-state index contributed by atoms with van der Waals surface area (Å²) < 4.78 is 0. The summed E-state index contributed by atoms with van der Waals surface area (Å²) in [6, 6.07) is 0.484. The lowest BCUT2D eigenvalue weighted by Gasteiger charge is -2.27. The van der Waals surface area contributed by atoms with E-state index in [1.807, 2.05) is 0 Å². The van der Waals surface area contributed by atoms with E-state index in [9.17, 15) is 4.79 Å². The second-order valence-corrected chi connectivity index (χ2v) is 4.84. The van der Waals surface area contributed by atoms with Crippen LogP contribution in [0.15, 0.2) is 0 Å². The molecular formula is C12H24N2O. The van der Waals surface area contributed by atoms with Crippen molar-refractivity contribution in [2.24, 2.45) is 11.8 Å². The summed E-state index contributed by atoms with van der Waals surface area (Å²) in [4.78, 5) is 11.8. The average molecular weight is 212 g/mol. The normalized spacial score (nSPS) is 28.5. The zero-order chi connectivity index (χ0) is 11.3. The van der Waals surface area contributed by atoms with E-state index in [0.29, 0.717) is 12.0 Å². The Kier molecular flexibility index (Phi) is 5.09. The summed E-state index contributed by atoms with van der Waals surface area (Å²) >= 11 is 0. The highest BCUT2D eigenvalue weighted by molar-refractivity contribution is 5.78. The van der Waals surface area contributed by atoms with E-state index in [1.165, 1.54) is 0 Å². The van der Waals surface area contributed by atoms with Crippen molar-refractivity contribution in [3.05, 3.63) is 0 Å². The number of hydrogen-bond acceptors (Lipinski definition) is 2. The first-order chi connectivity index (χ1) is 7.13. The molecule has 3 nitrogen and oxygen atoms in total. The third kappa shape index (κ3) is 4.20. The zero-order valence-electron chi connectivity index (χ0n) is 10.2. The van der Waals surface area contributed by atoms with Crippen LogP contribution in [0.1, 0.15) is 40.0 Å². The molecular weight excluding hydrogens is 188 g/mol. The van der Waals surface area contributed by atoms with Crippen molar-refractivity contribution in [3.63, 3.8) is 0 Å². The molecule has 2 N–H and O–H groups in total. The van der Waals surface area contributed by atoms with Crippen LogP contribution in [-0.2, 0) is 4.79 Å². The van der Waals surface area contributed by atoms with Crippen LogP contribution in [0.2, 0.25) is 0 Å². The molecule has 0 spiro atoms. The molecule has 15 heavy (non-hydrogen) atoms. The van der Waals surface area contributed by atoms with Crippen LogP contribution in [0.5, 0.6) is 0 Å². The van der Waals surface area contributed by atoms with Crippen LogP contribution >= 0.6 is 0 Å². The van der Waals surface area contributed by atoms with Gasteiger partial charge in [0.05, 0.1) is 0 Å². The van der Waals surface area contributed by atoms with E-state index in [4.69, 9.17) is 0 Å². The molecule has 1 aliphatic heterocycles. The van der Waals surface area contributed by atoms with Crippen molar-refractivity contribution in [2.45, 2.75) is 46.1 Å². The minimum atomic E-state index is 0.227. The standard InChI is InChI=1S/C12H24N2O/c1-4-9(2)8-14-12(15)11-5-6-13-10(3)7-11/h9-11,13H,4-8H2,1-3H3,(H,14,15). The Labute approximate surface area is 93.0 Å². The van der Waals surface area contributed by atoms with Gasteiger partial charge in [-0.15, -0.1) is 0 Å². The Morgan fingerprint density at radius 1 is 1.60 bits per heavy atom. The number of carbonyl (C=O) groups is 1. The highest BCUT2D eigenvalue weighted by Gasteiger charge is 2.24. The molecule has 1 fully saturated rings. The van der Waals surface area contributed by atoms with E-state index in [2.05, 4.69) is 31.4 Å². The summed E-state index contributed by atoms with van der Waals surface area (Å²) in [5.74, 6) is 1.07. The number of hydrogen-bond donors (Lipinski definition) is 2. The van der Waals surface area contributed by atoms with E-state index in [1.54, 1.807) is 0 Å².